The van der Waals surface area contributed by atoms with Gasteiger partial charge in [-0.2, -0.15) is 18.6 Å². The fraction of sp³-hybridized carbons (Fsp3) is 0. The van der Waals surface area contributed by atoms with E-state index in [2.05, 4.69) is 20.3 Å². The fourth-order valence-corrected chi connectivity index (χ4v) is 3.23. The Hall–Kier alpha value is -3.34. The van der Waals surface area contributed by atoms with E-state index in [1.807, 2.05) is 0 Å². The zero-order valence-corrected chi connectivity index (χ0v) is 13.2. The standard InChI is InChI=1S/C14H10FN5O4S/c15-9-1-3-10(4-2-9)25(23,24)20-11(5-6-18-20)12(21)7-13(22)14-16-8-17-19-14/h1-8,22H,(H,16,17,19). The van der Waals surface area contributed by atoms with Crippen LogP contribution in [0.5, 0.6) is 0 Å². The Balaban J connectivity index is 1.99. The molecule has 0 spiro atoms. The molecule has 0 aliphatic rings. The van der Waals surface area contributed by atoms with Crippen molar-refractivity contribution in [3.8, 4) is 0 Å². The number of rotatable bonds is 5. The number of nitrogens with zero attached hydrogens (tertiary/aromatic N) is 4. The molecule has 0 atom stereocenters. The molecule has 0 aliphatic carbocycles. The largest absolute Gasteiger partial charge is 0.504 e. The highest BCUT2D eigenvalue weighted by Crippen LogP contribution is 2.17. The third kappa shape index (κ3) is 3.17. The van der Waals surface area contributed by atoms with Crippen LogP contribution >= 0.6 is 0 Å². The van der Waals surface area contributed by atoms with E-state index in [-0.39, 0.29) is 16.4 Å². The summed E-state index contributed by atoms with van der Waals surface area (Å²) < 4.78 is 38.6. The van der Waals surface area contributed by atoms with E-state index < -0.39 is 27.4 Å². The summed E-state index contributed by atoms with van der Waals surface area (Å²) in [6.45, 7) is 0. The van der Waals surface area contributed by atoms with Crippen LogP contribution in [-0.4, -0.2) is 43.7 Å². The number of nitrogens with one attached hydrogen (secondary N) is 1. The van der Waals surface area contributed by atoms with Gasteiger partial charge in [0.25, 0.3) is 10.0 Å². The molecule has 25 heavy (non-hydrogen) atoms. The van der Waals surface area contributed by atoms with Gasteiger partial charge in [0, 0.05) is 6.08 Å². The molecule has 0 aliphatic heterocycles. The topological polar surface area (TPSA) is 131 Å². The van der Waals surface area contributed by atoms with Gasteiger partial charge in [-0.25, -0.2) is 9.37 Å². The van der Waals surface area contributed by atoms with E-state index in [0.29, 0.717) is 4.09 Å². The fourth-order valence-electron chi connectivity index (χ4n) is 1.96. The van der Waals surface area contributed by atoms with Crippen molar-refractivity contribution in [2.45, 2.75) is 4.90 Å². The zero-order chi connectivity index (χ0) is 18.0. The van der Waals surface area contributed by atoms with Crippen LogP contribution in [0.25, 0.3) is 5.76 Å². The third-order valence-electron chi connectivity index (χ3n) is 3.11. The normalized spacial score (nSPS) is 12.3. The SMILES string of the molecule is O=C(C=C(O)c1nc[nH]n1)c1ccnn1S(=O)(=O)c1ccc(F)cc1. The summed E-state index contributed by atoms with van der Waals surface area (Å²) in [4.78, 5) is 15.7. The maximum absolute atomic E-state index is 13.0. The van der Waals surface area contributed by atoms with Crippen LogP contribution in [0, 0.1) is 5.82 Å². The maximum atomic E-state index is 13.0. The number of aromatic nitrogens is 5. The van der Waals surface area contributed by atoms with E-state index in [1.54, 1.807) is 0 Å². The Morgan fingerprint density at radius 3 is 2.60 bits per heavy atom. The summed E-state index contributed by atoms with van der Waals surface area (Å²) in [6.07, 6.45) is 3.09. The van der Waals surface area contributed by atoms with Crippen LogP contribution in [0.1, 0.15) is 16.3 Å². The number of allylic oxidation sites excluding steroid dienone is 1. The van der Waals surface area contributed by atoms with Crippen molar-refractivity contribution in [1.29, 1.82) is 0 Å². The number of H-pyrrole nitrogens is 1. The van der Waals surface area contributed by atoms with Gasteiger partial charge >= 0.3 is 0 Å². The number of aromatic amines is 1. The molecular formula is C14H10FN5O4S. The smallest absolute Gasteiger partial charge is 0.283 e. The first-order chi connectivity index (χ1) is 11.9. The summed E-state index contributed by atoms with van der Waals surface area (Å²) in [5.41, 5.74) is -0.314. The van der Waals surface area contributed by atoms with E-state index in [1.165, 1.54) is 12.4 Å². The van der Waals surface area contributed by atoms with Gasteiger partial charge in [0.2, 0.25) is 11.6 Å². The van der Waals surface area contributed by atoms with Crippen molar-refractivity contribution in [3.05, 3.63) is 66.3 Å². The molecule has 11 heteroatoms. The Labute approximate surface area is 140 Å². The van der Waals surface area contributed by atoms with E-state index in [0.717, 1.165) is 36.5 Å². The van der Waals surface area contributed by atoms with Crippen molar-refractivity contribution in [2.24, 2.45) is 0 Å². The molecule has 3 rings (SSSR count). The number of ketones is 1. The van der Waals surface area contributed by atoms with Crippen LogP contribution in [0.3, 0.4) is 0 Å². The van der Waals surface area contributed by atoms with Gasteiger partial charge in [0.15, 0.2) is 5.76 Å². The molecule has 1 aromatic carbocycles. The number of hydrogen-bond acceptors (Lipinski definition) is 7. The highest BCUT2D eigenvalue weighted by atomic mass is 32.2. The predicted octanol–water partition coefficient (Wildman–Crippen LogP) is 1.16. The predicted molar refractivity (Wildman–Crippen MR) is 82.5 cm³/mol. The molecular weight excluding hydrogens is 353 g/mol. The van der Waals surface area contributed by atoms with Crippen LogP contribution in [0.2, 0.25) is 0 Å². The average Bonchev–Trinajstić information content (AvgIpc) is 3.27. The molecule has 2 N–H and O–H groups in total. The lowest BCUT2D eigenvalue weighted by atomic mass is 10.2. The minimum absolute atomic E-state index is 0.124. The van der Waals surface area contributed by atoms with E-state index in [9.17, 15) is 22.7 Å². The molecule has 0 bridgehead atoms. The van der Waals surface area contributed by atoms with Crippen LogP contribution < -0.4 is 0 Å². The number of aliphatic hydroxyl groups is 1. The van der Waals surface area contributed by atoms with Crippen molar-refractivity contribution >= 4 is 21.6 Å². The Morgan fingerprint density at radius 1 is 1.24 bits per heavy atom. The Bertz CT molecular complexity index is 1040. The first kappa shape index (κ1) is 16.5. The molecule has 0 fully saturated rings. The summed E-state index contributed by atoms with van der Waals surface area (Å²) in [7, 11) is -4.21. The highest BCUT2D eigenvalue weighted by Gasteiger charge is 2.24. The van der Waals surface area contributed by atoms with Gasteiger partial charge in [-0.3, -0.25) is 9.89 Å². The van der Waals surface area contributed by atoms with Crippen molar-refractivity contribution in [3.63, 3.8) is 0 Å². The second kappa shape index (κ2) is 6.28. The Morgan fingerprint density at radius 2 is 1.96 bits per heavy atom. The molecule has 0 amide bonds. The van der Waals surface area contributed by atoms with Crippen LogP contribution in [-0.2, 0) is 10.0 Å². The summed E-state index contributed by atoms with van der Waals surface area (Å²) in [5, 5.41) is 19.4. The highest BCUT2D eigenvalue weighted by molar-refractivity contribution is 7.89. The van der Waals surface area contributed by atoms with E-state index >= 15 is 0 Å². The van der Waals surface area contributed by atoms with Gasteiger partial charge < -0.3 is 5.11 Å². The van der Waals surface area contributed by atoms with Crippen molar-refractivity contribution in [2.75, 3.05) is 0 Å². The third-order valence-corrected chi connectivity index (χ3v) is 4.73. The lowest BCUT2D eigenvalue weighted by Crippen LogP contribution is -2.19. The first-order valence-electron chi connectivity index (χ1n) is 6.76. The lowest BCUT2D eigenvalue weighted by molar-refractivity contribution is 0.104. The van der Waals surface area contributed by atoms with Gasteiger partial charge in [-0.1, -0.05) is 0 Å². The molecule has 0 saturated heterocycles. The molecule has 3 aromatic rings. The first-order valence-corrected chi connectivity index (χ1v) is 8.20. The molecule has 0 unspecified atom stereocenters. The maximum Gasteiger partial charge on any atom is 0.283 e. The van der Waals surface area contributed by atoms with Crippen molar-refractivity contribution in [1.82, 2.24) is 24.4 Å². The second-order valence-electron chi connectivity index (χ2n) is 4.73. The summed E-state index contributed by atoms with van der Waals surface area (Å²) in [5.74, 6) is -2.10. The van der Waals surface area contributed by atoms with Gasteiger partial charge in [-0.05, 0) is 30.3 Å². The molecule has 2 aromatic heterocycles. The number of benzene rings is 1. The quantitative estimate of drug-likeness (QED) is 0.395. The lowest BCUT2D eigenvalue weighted by Gasteiger charge is -2.07. The summed E-state index contributed by atoms with van der Waals surface area (Å²) in [6, 6.07) is 5.24. The molecule has 128 valence electrons. The van der Waals surface area contributed by atoms with Crippen LogP contribution in [0.4, 0.5) is 4.39 Å². The number of carbonyl (C=O) groups excluding carboxylic acids is 1. The number of aliphatic hydroxyl groups excluding tert-OH is 1. The minimum atomic E-state index is -4.21. The van der Waals surface area contributed by atoms with Gasteiger partial charge in [0.1, 0.15) is 17.8 Å². The van der Waals surface area contributed by atoms with Gasteiger partial charge in [-0.15, -0.1) is 4.09 Å². The molecule has 0 saturated carbocycles. The average molecular weight is 363 g/mol. The Kier molecular flexibility index (Phi) is 4.15. The zero-order valence-electron chi connectivity index (χ0n) is 12.4. The molecule has 2 heterocycles. The summed E-state index contributed by atoms with van der Waals surface area (Å²) >= 11 is 0. The second-order valence-corrected chi connectivity index (χ2v) is 6.50. The van der Waals surface area contributed by atoms with E-state index in [4.69, 9.17) is 0 Å². The van der Waals surface area contributed by atoms with Gasteiger partial charge in [0.05, 0.1) is 11.1 Å². The monoisotopic (exact) mass is 363 g/mol. The molecule has 0 radical (unpaired) electrons. The number of hydrogen-bond donors (Lipinski definition) is 2. The van der Waals surface area contributed by atoms with Crippen LogP contribution in [0.15, 0.2) is 53.8 Å². The van der Waals surface area contributed by atoms with Crippen molar-refractivity contribution < 1.29 is 22.7 Å². The molecule has 9 nitrogen and oxygen atoms in total. The number of halogens is 1. The minimum Gasteiger partial charge on any atom is -0.504 e. The number of carbonyl (C=O) groups is 1.